The summed E-state index contributed by atoms with van der Waals surface area (Å²) >= 11 is 0. The van der Waals surface area contributed by atoms with Crippen LogP contribution in [0.4, 0.5) is 0 Å². The van der Waals surface area contributed by atoms with Crippen molar-refractivity contribution in [3.8, 4) is 11.5 Å². The molecule has 2 aromatic rings. The normalized spacial score (nSPS) is 14.6. The van der Waals surface area contributed by atoms with Gasteiger partial charge in [0, 0.05) is 12.6 Å². The van der Waals surface area contributed by atoms with Gasteiger partial charge in [-0.3, -0.25) is 4.79 Å². The molecule has 0 amide bonds. The Hall–Kier alpha value is -1.77. The number of furan rings is 1. The summed E-state index contributed by atoms with van der Waals surface area (Å²) < 4.78 is 7.08. The Bertz CT molecular complexity index is 593. The Morgan fingerprint density at radius 1 is 1.29 bits per heavy atom. The van der Waals surface area contributed by atoms with Crippen LogP contribution in [0, 0.1) is 0 Å². The van der Waals surface area contributed by atoms with Gasteiger partial charge in [0.05, 0.1) is 12.0 Å². The Kier molecular flexibility index (Phi) is 2.39. The third-order valence-electron chi connectivity index (χ3n) is 3.52. The standard InChI is InChI=1S/C14H15NO2/c1-15-12(13-7-4-8-17-13)9-10-5-2-3-6-11(10)14(15)16/h4,7-9H,2-3,5-6H2,1H3. The third kappa shape index (κ3) is 1.62. The van der Waals surface area contributed by atoms with Gasteiger partial charge in [0.25, 0.3) is 5.56 Å². The Morgan fingerprint density at radius 2 is 2.12 bits per heavy atom. The van der Waals surface area contributed by atoms with Crippen LogP contribution in [-0.2, 0) is 19.9 Å². The molecule has 3 rings (SSSR count). The molecule has 0 unspecified atom stereocenters. The fourth-order valence-electron chi connectivity index (χ4n) is 2.57. The van der Waals surface area contributed by atoms with Gasteiger partial charge in [0.15, 0.2) is 0 Å². The first-order chi connectivity index (χ1) is 8.27. The maximum absolute atomic E-state index is 12.3. The highest BCUT2D eigenvalue weighted by Crippen LogP contribution is 2.24. The predicted molar refractivity (Wildman–Crippen MR) is 66.0 cm³/mol. The highest BCUT2D eigenvalue weighted by molar-refractivity contribution is 5.55. The van der Waals surface area contributed by atoms with Gasteiger partial charge in [-0.25, -0.2) is 0 Å². The van der Waals surface area contributed by atoms with E-state index in [0.29, 0.717) is 0 Å². The van der Waals surface area contributed by atoms with Crippen LogP contribution in [0.5, 0.6) is 0 Å². The summed E-state index contributed by atoms with van der Waals surface area (Å²) in [6, 6.07) is 5.85. The largest absolute Gasteiger partial charge is 0.463 e. The molecular formula is C14H15NO2. The lowest BCUT2D eigenvalue weighted by atomic mass is 9.92. The first kappa shape index (κ1) is 10.4. The van der Waals surface area contributed by atoms with Crippen LogP contribution in [0.3, 0.4) is 0 Å². The van der Waals surface area contributed by atoms with Crippen LogP contribution in [0.25, 0.3) is 11.5 Å². The van der Waals surface area contributed by atoms with Crippen LogP contribution < -0.4 is 5.56 Å². The molecule has 0 radical (unpaired) electrons. The first-order valence-electron chi connectivity index (χ1n) is 6.03. The molecule has 0 atom stereocenters. The number of aryl methyl sites for hydroxylation is 1. The molecule has 1 aliphatic rings. The van der Waals surface area contributed by atoms with Crippen LogP contribution in [0.15, 0.2) is 33.7 Å². The molecule has 0 bridgehead atoms. The molecule has 2 heterocycles. The van der Waals surface area contributed by atoms with Gasteiger partial charge in [0.1, 0.15) is 5.76 Å². The van der Waals surface area contributed by atoms with Crippen molar-refractivity contribution < 1.29 is 4.42 Å². The minimum absolute atomic E-state index is 0.133. The third-order valence-corrected chi connectivity index (χ3v) is 3.52. The molecule has 0 fully saturated rings. The SMILES string of the molecule is Cn1c(-c2ccco2)cc2c(c1=O)CCCC2. The van der Waals surface area contributed by atoms with Crippen molar-refractivity contribution in [3.05, 3.63) is 45.9 Å². The number of fused-ring (bicyclic) bond motifs is 1. The molecule has 3 heteroatoms. The number of rotatable bonds is 1. The Morgan fingerprint density at radius 3 is 2.88 bits per heavy atom. The number of hydrogen-bond acceptors (Lipinski definition) is 2. The van der Waals surface area contributed by atoms with Gasteiger partial charge >= 0.3 is 0 Å². The lowest BCUT2D eigenvalue weighted by molar-refractivity contribution is 0.572. The lowest BCUT2D eigenvalue weighted by Crippen LogP contribution is -2.26. The molecule has 0 saturated heterocycles. The average molecular weight is 229 g/mol. The van der Waals surface area contributed by atoms with E-state index in [0.717, 1.165) is 36.3 Å². The number of pyridine rings is 1. The average Bonchev–Trinajstić information content (AvgIpc) is 2.87. The van der Waals surface area contributed by atoms with Crippen LogP contribution in [-0.4, -0.2) is 4.57 Å². The van der Waals surface area contributed by atoms with E-state index >= 15 is 0 Å². The van der Waals surface area contributed by atoms with E-state index in [1.165, 1.54) is 12.0 Å². The smallest absolute Gasteiger partial charge is 0.254 e. The van der Waals surface area contributed by atoms with E-state index in [4.69, 9.17) is 4.42 Å². The summed E-state index contributed by atoms with van der Waals surface area (Å²) in [7, 11) is 1.81. The van der Waals surface area contributed by atoms with Crippen LogP contribution >= 0.6 is 0 Å². The van der Waals surface area contributed by atoms with Crippen molar-refractivity contribution in [2.24, 2.45) is 7.05 Å². The number of hydrogen-bond donors (Lipinski definition) is 0. The summed E-state index contributed by atoms with van der Waals surface area (Å²) in [5.74, 6) is 0.762. The zero-order chi connectivity index (χ0) is 11.8. The predicted octanol–water partition coefficient (Wildman–Crippen LogP) is 2.52. The van der Waals surface area contributed by atoms with E-state index in [1.54, 1.807) is 10.8 Å². The lowest BCUT2D eigenvalue weighted by Gasteiger charge is -2.17. The summed E-state index contributed by atoms with van der Waals surface area (Å²) in [5.41, 5.74) is 3.20. The number of aromatic nitrogens is 1. The van der Waals surface area contributed by atoms with Gasteiger partial charge in [0.2, 0.25) is 0 Å². The molecule has 1 aliphatic carbocycles. The zero-order valence-corrected chi connectivity index (χ0v) is 9.90. The van der Waals surface area contributed by atoms with Crippen LogP contribution in [0.1, 0.15) is 24.0 Å². The van der Waals surface area contributed by atoms with Crippen molar-refractivity contribution in [1.29, 1.82) is 0 Å². The van der Waals surface area contributed by atoms with Crippen molar-refractivity contribution in [3.63, 3.8) is 0 Å². The van der Waals surface area contributed by atoms with Gasteiger partial charge < -0.3 is 8.98 Å². The summed E-state index contributed by atoms with van der Waals surface area (Å²) in [6.07, 6.45) is 5.87. The Labute approximate surface area is 99.7 Å². The Balaban J connectivity index is 2.24. The zero-order valence-electron chi connectivity index (χ0n) is 9.90. The summed E-state index contributed by atoms with van der Waals surface area (Å²) in [4.78, 5) is 12.3. The fourth-order valence-corrected chi connectivity index (χ4v) is 2.57. The number of nitrogens with zero attached hydrogens (tertiary/aromatic N) is 1. The maximum Gasteiger partial charge on any atom is 0.254 e. The van der Waals surface area contributed by atoms with E-state index in [1.807, 2.05) is 19.2 Å². The second-order valence-corrected chi connectivity index (χ2v) is 4.58. The second kappa shape index (κ2) is 3.91. The van der Waals surface area contributed by atoms with E-state index in [2.05, 4.69) is 6.07 Å². The highest BCUT2D eigenvalue weighted by atomic mass is 16.3. The molecule has 0 aromatic carbocycles. The van der Waals surface area contributed by atoms with E-state index in [-0.39, 0.29) is 5.56 Å². The minimum atomic E-state index is 0.133. The van der Waals surface area contributed by atoms with Gasteiger partial charge in [-0.05, 0) is 49.4 Å². The fraction of sp³-hybridized carbons (Fsp3) is 0.357. The molecular weight excluding hydrogens is 214 g/mol. The quantitative estimate of drug-likeness (QED) is 0.753. The summed E-state index contributed by atoms with van der Waals surface area (Å²) in [5, 5.41) is 0. The van der Waals surface area contributed by atoms with Crippen molar-refractivity contribution in [1.82, 2.24) is 4.57 Å². The molecule has 0 saturated carbocycles. The molecule has 0 spiro atoms. The monoisotopic (exact) mass is 229 g/mol. The van der Waals surface area contributed by atoms with Gasteiger partial charge in [-0.15, -0.1) is 0 Å². The molecule has 17 heavy (non-hydrogen) atoms. The summed E-state index contributed by atoms with van der Waals surface area (Å²) in [6.45, 7) is 0. The maximum atomic E-state index is 12.3. The van der Waals surface area contributed by atoms with Crippen LogP contribution in [0.2, 0.25) is 0 Å². The molecule has 3 nitrogen and oxygen atoms in total. The van der Waals surface area contributed by atoms with E-state index in [9.17, 15) is 4.79 Å². The second-order valence-electron chi connectivity index (χ2n) is 4.58. The van der Waals surface area contributed by atoms with Gasteiger partial charge in [-0.2, -0.15) is 0 Å². The molecule has 0 aliphatic heterocycles. The minimum Gasteiger partial charge on any atom is -0.463 e. The molecule has 2 aromatic heterocycles. The van der Waals surface area contributed by atoms with Crippen molar-refractivity contribution in [2.75, 3.05) is 0 Å². The first-order valence-corrected chi connectivity index (χ1v) is 6.03. The van der Waals surface area contributed by atoms with E-state index < -0.39 is 0 Å². The highest BCUT2D eigenvalue weighted by Gasteiger charge is 2.17. The molecule has 88 valence electrons. The van der Waals surface area contributed by atoms with Crippen molar-refractivity contribution in [2.45, 2.75) is 25.7 Å². The van der Waals surface area contributed by atoms with Gasteiger partial charge in [-0.1, -0.05) is 0 Å². The molecule has 0 N–H and O–H groups in total. The van der Waals surface area contributed by atoms with Crippen molar-refractivity contribution >= 4 is 0 Å². The topological polar surface area (TPSA) is 35.1 Å².